The van der Waals surface area contributed by atoms with E-state index >= 15 is 0 Å². The van der Waals surface area contributed by atoms with E-state index in [-0.39, 0.29) is 23.7 Å². The standard InChI is InChI=1S/C22H15ClN4.2C11H20N2O3.C2H6.3C2H2/c23-22-21(26-13-27-22)19-8-7-17-9-16(5-6-18(17)10-19)14-1-3-15(4-2-14)20-11-24-12-25-20;2*1-8(2)9(12-11(15)16-3)10(14)13-6-4-5-7-13;4*1-2/h1-13H,(H,24,25)(H,26,27);2*8-9H,4-7H2,1-3H3,(H,12,15);1-2H3;3*1-2H. The lowest BCUT2D eigenvalue weighted by Crippen LogP contribution is -2.50. The molecule has 0 spiro atoms. The van der Waals surface area contributed by atoms with Gasteiger partial charge >= 0.3 is 12.2 Å². The van der Waals surface area contributed by atoms with Crippen molar-refractivity contribution in [2.24, 2.45) is 11.8 Å². The van der Waals surface area contributed by atoms with Crippen molar-refractivity contribution in [3.05, 3.63) is 84.7 Å². The molecule has 2 aromatic heterocycles. The van der Waals surface area contributed by atoms with E-state index in [0.717, 1.165) is 79.8 Å². The van der Waals surface area contributed by atoms with Crippen molar-refractivity contribution in [2.45, 2.75) is 79.3 Å². The van der Waals surface area contributed by atoms with Crippen LogP contribution in [0.1, 0.15) is 67.2 Å². The number of H-pyrrole nitrogens is 2. The fourth-order valence-electron chi connectivity index (χ4n) is 6.98. The van der Waals surface area contributed by atoms with Gasteiger partial charge in [-0.15, -0.1) is 38.5 Å². The molecule has 2 aliphatic rings. The van der Waals surface area contributed by atoms with Crippen molar-refractivity contribution in [3.63, 3.8) is 0 Å². The number of halogens is 1. The van der Waals surface area contributed by atoms with E-state index in [1.165, 1.54) is 30.7 Å². The van der Waals surface area contributed by atoms with Crippen LogP contribution in [0.2, 0.25) is 5.15 Å². The summed E-state index contributed by atoms with van der Waals surface area (Å²) in [6.07, 6.45) is 32.2. The lowest BCUT2D eigenvalue weighted by molar-refractivity contribution is -0.134. The third-order valence-corrected chi connectivity index (χ3v) is 10.6. The molecule has 4 heterocycles. The minimum Gasteiger partial charge on any atom is -0.453 e. The number of hydrogen-bond acceptors (Lipinski definition) is 8. The number of benzene rings is 3. The molecule has 4 amide bonds. The van der Waals surface area contributed by atoms with Gasteiger partial charge < -0.3 is 39.9 Å². The first kappa shape index (κ1) is 57.8. The quantitative estimate of drug-likeness (QED) is 0.106. The van der Waals surface area contributed by atoms with Crippen LogP contribution < -0.4 is 10.6 Å². The molecule has 0 aliphatic carbocycles. The van der Waals surface area contributed by atoms with Crippen molar-refractivity contribution in [1.82, 2.24) is 40.4 Å². The maximum atomic E-state index is 12.1. The number of fused-ring (bicyclic) bond motifs is 1. The molecule has 0 radical (unpaired) electrons. The van der Waals surface area contributed by atoms with Gasteiger partial charge in [0, 0.05) is 31.7 Å². The second-order valence-corrected chi connectivity index (χ2v) is 15.5. The molecule has 2 fully saturated rings. The molecule has 2 unspecified atom stereocenters. The molecule has 67 heavy (non-hydrogen) atoms. The predicted octanol–water partition coefficient (Wildman–Crippen LogP) is 9.69. The van der Waals surface area contributed by atoms with E-state index in [4.69, 9.17) is 11.6 Å². The first-order valence-electron chi connectivity index (χ1n) is 22.0. The number of amides is 4. The Balaban J connectivity index is 0.000000490. The Labute approximate surface area is 402 Å². The number of aromatic amines is 2. The third-order valence-electron chi connectivity index (χ3n) is 10.4. The highest BCUT2D eigenvalue weighted by Gasteiger charge is 2.31. The van der Waals surface area contributed by atoms with Crippen LogP contribution in [-0.4, -0.2) is 106 Å². The van der Waals surface area contributed by atoms with Crippen LogP contribution in [0.3, 0.4) is 0 Å². The number of hydrogen-bond donors (Lipinski definition) is 4. The number of ether oxygens (including phenoxy) is 2. The monoisotopic (exact) mass is 934 g/mol. The van der Waals surface area contributed by atoms with Gasteiger partial charge in [-0.05, 0) is 77.1 Å². The zero-order valence-electron chi connectivity index (χ0n) is 40.1. The summed E-state index contributed by atoms with van der Waals surface area (Å²) in [6.45, 7) is 14.8. The topological polar surface area (TPSA) is 175 Å². The third kappa shape index (κ3) is 17.6. The Morgan fingerprint density at radius 3 is 1.39 bits per heavy atom. The summed E-state index contributed by atoms with van der Waals surface area (Å²) in [5.41, 5.74) is 6.29. The number of likely N-dealkylation sites (tertiary alicyclic amines) is 2. The van der Waals surface area contributed by atoms with Gasteiger partial charge in [-0.3, -0.25) is 9.59 Å². The van der Waals surface area contributed by atoms with Gasteiger partial charge in [0.1, 0.15) is 22.9 Å². The summed E-state index contributed by atoms with van der Waals surface area (Å²) in [5, 5.41) is 8.08. The van der Waals surface area contributed by atoms with Gasteiger partial charge in [0.25, 0.3) is 0 Å². The second kappa shape index (κ2) is 31.6. The average molecular weight is 936 g/mol. The molecule has 2 atom stereocenters. The number of carbonyl (C=O) groups excluding carboxylic acids is 4. The Hall–Kier alpha value is -7.21. The largest absolute Gasteiger partial charge is 0.453 e. The van der Waals surface area contributed by atoms with Crippen LogP contribution in [0, 0.1) is 50.4 Å². The maximum absolute atomic E-state index is 12.1. The van der Waals surface area contributed by atoms with Crippen LogP contribution in [-0.2, 0) is 19.1 Å². The molecule has 0 bridgehead atoms. The number of imidazole rings is 2. The lowest BCUT2D eigenvalue weighted by atomic mass is 9.98. The van der Waals surface area contributed by atoms with Gasteiger partial charge in [-0.25, -0.2) is 19.6 Å². The van der Waals surface area contributed by atoms with Gasteiger partial charge in [0.15, 0.2) is 0 Å². The number of nitrogens with zero attached hydrogens (tertiary/aromatic N) is 4. The molecule has 15 heteroatoms. The van der Waals surface area contributed by atoms with E-state index in [1.54, 1.807) is 22.5 Å². The molecular formula is C52H67ClN8O6. The highest BCUT2D eigenvalue weighted by atomic mass is 35.5. The summed E-state index contributed by atoms with van der Waals surface area (Å²) in [4.78, 5) is 64.5. The van der Waals surface area contributed by atoms with Gasteiger partial charge in [-0.2, -0.15) is 0 Å². The number of methoxy groups -OCH3 is 2. The van der Waals surface area contributed by atoms with Gasteiger partial charge in [-0.1, -0.05) is 102 Å². The minimum absolute atomic E-state index is 0.00194. The van der Waals surface area contributed by atoms with Crippen molar-refractivity contribution in [1.29, 1.82) is 0 Å². The summed E-state index contributed by atoms with van der Waals surface area (Å²) < 4.78 is 9.05. The number of aromatic nitrogens is 4. The summed E-state index contributed by atoms with van der Waals surface area (Å²) in [7, 11) is 2.60. The number of terminal acetylenes is 3. The van der Waals surface area contributed by atoms with Crippen molar-refractivity contribution in [3.8, 4) is 72.2 Å². The van der Waals surface area contributed by atoms with Crippen molar-refractivity contribution >= 4 is 46.4 Å². The van der Waals surface area contributed by atoms with E-state index in [9.17, 15) is 19.2 Å². The van der Waals surface area contributed by atoms with Gasteiger partial charge in [0.2, 0.25) is 11.8 Å². The number of carbonyl (C=O) groups is 4. The van der Waals surface area contributed by atoms with E-state index < -0.39 is 24.3 Å². The highest BCUT2D eigenvalue weighted by molar-refractivity contribution is 6.31. The SMILES string of the molecule is C#C.C#C.C#C.CC.COC(=O)NC(C(=O)N1CCCC1)C(C)C.COC(=O)NC(C(=O)N1CCCC1)C(C)C.Clc1[nH]cnc1-c1ccc2cc(-c3ccc(-c4cnc[nH]4)cc3)ccc2c1. The zero-order valence-corrected chi connectivity index (χ0v) is 40.8. The Morgan fingerprint density at radius 2 is 1.01 bits per heavy atom. The van der Waals surface area contributed by atoms with Crippen molar-refractivity contribution in [2.75, 3.05) is 40.4 Å². The minimum atomic E-state index is -0.550. The lowest BCUT2D eigenvalue weighted by Gasteiger charge is -2.26. The molecule has 2 aliphatic heterocycles. The first-order valence-corrected chi connectivity index (χ1v) is 22.4. The molecule has 14 nitrogen and oxygen atoms in total. The molecule has 358 valence electrons. The van der Waals surface area contributed by atoms with E-state index in [0.29, 0.717) is 5.15 Å². The maximum Gasteiger partial charge on any atom is 0.407 e. The zero-order chi connectivity index (χ0) is 50.5. The fourth-order valence-corrected chi connectivity index (χ4v) is 7.18. The molecule has 3 aromatic carbocycles. The molecule has 2 saturated heterocycles. The van der Waals surface area contributed by atoms with Crippen LogP contribution in [0.5, 0.6) is 0 Å². The second-order valence-electron chi connectivity index (χ2n) is 15.2. The van der Waals surface area contributed by atoms with E-state index in [2.05, 4.69) is 139 Å². The Bertz CT molecular complexity index is 2220. The first-order chi connectivity index (χ1) is 32.4. The molecule has 4 N–H and O–H groups in total. The van der Waals surface area contributed by atoms with E-state index in [1.807, 2.05) is 47.7 Å². The smallest absolute Gasteiger partial charge is 0.407 e. The Kier molecular flexibility index (Phi) is 27.3. The highest BCUT2D eigenvalue weighted by Crippen LogP contribution is 2.31. The average Bonchev–Trinajstić information content (AvgIpc) is 4.24. The van der Waals surface area contributed by atoms with Crippen LogP contribution >= 0.6 is 11.6 Å². The molecule has 7 rings (SSSR count). The predicted molar refractivity (Wildman–Crippen MR) is 271 cm³/mol. The summed E-state index contributed by atoms with van der Waals surface area (Å²) in [6, 6.07) is 20.3. The van der Waals surface area contributed by atoms with Crippen LogP contribution in [0.4, 0.5) is 9.59 Å². The number of rotatable bonds is 9. The van der Waals surface area contributed by atoms with Crippen LogP contribution in [0.25, 0.3) is 44.4 Å². The number of nitrogens with one attached hydrogen (secondary N) is 4. The summed E-state index contributed by atoms with van der Waals surface area (Å²) >= 11 is 6.16. The normalized spacial score (nSPS) is 13.0. The van der Waals surface area contributed by atoms with Crippen molar-refractivity contribution < 1.29 is 28.7 Å². The molecule has 5 aromatic rings. The molecular weight excluding hydrogens is 868 g/mol. The summed E-state index contributed by atoms with van der Waals surface area (Å²) in [5.74, 6) is 0.121. The fraction of sp³-hybridized carbons (Fsp3) is 0.385. The molecule has 0 saturated carbocycles. The van der Waals surface area contributed by atoms with Gasteiger partial charge in [0.05, 0.1) is 38.8 Å². The Morgan fingerprint density at radius 1 is 0.612 bits per heavy atom. The van der Waals surface area contributed by atoms with Crippen LogP contribution in [0.15, 0.2) is 79.5 Å². The number of alkyl carbamates (subject to hydrolysis) is 2.